The monoisotopic (exact) mass is 331 g/mol. The van der Waals surface area contributed by atoms with Gasteiger partial charge in [-0.15, -0.1) is 0 Å². The lowest BCUT2D eigenvalue weighted by atomic mass is 10.0. The maximum absolute atomic E-state index is 12.3. The predicted octanol–water partition coefficient (Wildman–Crippen LogP) is 1.10. The van der Waals surface area contributed by atoms with E-state index in [1.807, 2.05) is 13.8 Å². The van der Waals surface area contributed by atoms with Gasteiger partial charge in [-0.05, 0) is 24.5 Å². The van der Waals surface area contributed by atoms with Gasteiger partial charge in [0.25, 0.3) is 0 Å². The van der Waals surface area contributed by atoms with E-state index in [1.165, 1.54) is 18.0 Å². The molecule has 0 saturated heterocycles. The molecule has 1 amide bonds. The summed E-state index contributed by atoms with van der Waals surface area (Å²) in [4.78, 5) is 35.9. The summed E-state index contributed by atoms with van der Waals surface area (Å²) in [5, 5.41) is 7.17. The summed E-state index contributed by atoms with van der Waals surface area (Å²) in [6.45, 7) is 3.82. The van der Waals surface area contributed by atoms with Gasteiger partial charge in [0.1, 0.15) is 12.6 Å². The number of hydrogen-bond donors (Lipinski definition) is 1. The van der Waals surface area contributed by atoms with Crippen molar-refractivity contribution < 1.29 is 14.3 Å². The minimum absolute atomic E-state index is 0.0909. The summed E-state index contributed by atoms with van der Waals surface area (Å²) in [5.74, 6) is -0.622. The molecule has 7 nitrogen and oxygen atoms in total. The molecule has 0 radical (unpaired) electrons. The Labute approximate surface area is 139 Å². The fraction of sp³-hybridized carbons (Fsp3) is 0.412. The average molecular weight is 331 g/mol. The van der Waals surface area contributed by atoms with Crippen LogP contribution < -0.4 is 10.7 Å². The summed E-state index contributed by atoms with van der Waals surface area (Å²) in [7, 11) is 1.29. The predicted molar refractivity (Wildman–Crippen MR) is 89.4 cm³/mol. The Bertz CT molecular complexity index is 798. The van der Waals surface area contributed by atoms with Gasteiger partial charge in [0.2, 0.25) is 11.3 Å². The van der Waals surface area contributed by atoms with E-state index >= 15 is 0 Å². The first-order valence-electron chi connectivity index (χ1n) is 7.74. The molecule has 1 N–H and O–H groups in total. The van der Waals surface area contributed by atoms with Crippen molar-refractivity contribution in [2.24, 2.45) is 5.92 Å². The first-order chi connectivity index (χ1) is 11.4. The van der Waals surface area contributed by atoms with E-state index in [9.17, 15) is 14.4 Å². The van der Waals surface area contributed by atoms with Crippen LogP contribution in [0.15, 0.2) is 35.3 Å². The number of hydrogen-bond acceptors (Lipinski definition) is 5. The van der Waals surface area contributed by atoms with Crippen molar-refractivity contribution in [2.75, 3.05) is 7.11 Å². The van der Waals surface area contributed by atoms with Gasteiger partial charge in [-0.3, -0.25) is 14.3 Å². The number of aromatic nitrogens is 2. The third kappa shape index (κ3) is 4.18. The van der Waals surface area contributed by atoms with Crippen molar-refractivity contribution in [1.29, 1.82) is 0 Å². The van der Waals surface area contributed by atoms with E-state index in [0.29, 0.717) is 17.3 Å². The SMILES string of the molecule is COC(=O)[C@H](CC(C)C)NC(=O)Cn1ncc(=O)c2ccccc21. The van der Waals surface area contributed by atoms with Gasteiger partial charge in [0, 0.05) is 5.39 Å². The molecule has 0 fully saturated rings. The van der Waals surface area contributed by atoms with Crippen LogP contribution in [0.2, 0.25) is 0 Å². The van der Waals surface area contributed by atoms with Gasteiger partial charge in [0.05, 0.1) is 18.8 Å². The first-order valence-corrected chi connectivity index (χ1v) is 7.74. The molecule has 0 unspecified atom stereocenters. The Morgan fingerprint density at radius 2 is 2.00 bits per heavy atom. The van der Waals surface area contributed by atoms with Gasteiger partial charge in [-0.25, -0.2) is 4.79 Å². The average Bonchev–Trinajstić information content (AvgIpc) is 2.56. The van der Waals surface area contributed by atoms with Crippen molar-refractivity contribution in [2.45, 2.75) is 32.9 Å². The number of carbonyl (C=O) groups excluding carboxylic acids is 2. The van der Waals surface area contributed by atoms with Crippen LogP contribution >= 0.6 is 0 Å². The second kappa shape index (κ2) is 7.72. The van der Waals surface area contributed by atoms with Crippen molar-refractivity contribution in [3.8, 4) is 0 Å². The van der Waals surface area contributed by atoms with E-state index in [4.69, 9.17) is 4.74 Å². The lowest BCUT2D eigenvalue weighted by Crippen LogP contribution is -2.44. The van der Waals surface area contributed by atoms with Crippen LogP contribution in [0.5, 0.6) is 0 Å². The summed E-state index contributed by atoms with van der Waals surface area (Å²) in [6.07, 6.45) is 1.66. The van der Waals surface area contributed by atoms with Crippen LogP contribution in [0.25, 0.3) is 10.9 Å². The van der Waals surface area contributed by atoms with Crippen LogP contribution in [0, 0.1) is 5.92 Å². The Kier molecular flexibility index (Phi) is 5.68. The van der Waals surface area contributed by atoms with E-state index in [1.54, 1.807) is 24.3 Å². The van der Waals surface area contributed by atoms with Gasteiger partial charge in [-0.2, -0.15) is 5.10 Å². The number of nitrogens with one attached hydrogen (secondary N) is 1. The molecule has 0 aliphatic rings. The molecule has 1 atom stereocenters. The minimum atomic E-state index is -0.701. The van der Waals surface area contributed by atoms with Crippen molar-refractivity contribution in [1.82, 2.24) is 15.1 Å². The van der Waals surface area contributed by atoms with Crippen LogP contribution in [0.4, 0.5) is 0 Å². The maximum Gasteiger partial charge on any atom is 0.328 e. The van der Waals surface area contributed by atoms with Crippen molar-refractivity contribution in [3.63, 3.8) is 0 Å². The normalized spacial score (nSPS) is 12.2. The summed E-state index contributed by atoms with van der Waals surface area (Å²) in [5.41, 5.74) is 0.369. The summed E-state index contributed by atoms with van der Waals surface area (Å²) in [6, 6.07) is 6.23. The van der Waals surface area contributed by atoms with Gasteiger partial charge < -0.3 is 10.1 Å². The molecule has 0 bridgehead atoms. The highest BCUT2D eigenvalue weighted by Gasteiger charge is 2.22. The third-order valence-corrected chi connectivity index (χ3v) is 3.58. The lowest BCUT2D eigenvalue weighted by Gasteiger charge is -2.18. The molecule has 2 rings (SSSR count). The number of methoxy groups -OCH3 is 1. The third-order valence-electron chi connectivity index (χ3n) is 3.58. The van der Waals surface area contributed by atoms with E-state index in [0.717, 1.165) is 0 Å². The van der Waals surface area contributed by atoms with Gasteiger partial charge in [-0.1, -0.05) is 26.0 Å². The van der Waals surface area contributed by atoms with Crippen LogP contribution in [0.1, 0.15) is 20.3 Å². The molecule has 1 aromatic heterocycles. The fourth-order valence-electron chi connectivity index (χ4n) is 2.49. The molecule has 128 valence electrons. The van der Waals surface area contributed by atoms with Gasteiger partial charge in [0.15, 0.2) is 0 Å². The second-order valence-corrected chi connectivity index (χ2v) is 5.96. The van der Waals surface area contributed by atoms with Gasteiger partial charge >= 0.3 is 5.97 Å². The zero-order valence-electron chi connectivity index (χ0n) is 14.0. The van der Waals surface area contributed by atoms with Crippen LogP contribution in [0.3, 0.4) is 0 Å². The zero-order valence-corrected chi connectivity index (χ0v) is 14.0. The Hall–Kier alpha value is -2.70. The molecule has 0 aliphatic heterocycles. The fourth-order valence-corrected chi connectivity index (χ4v) is 2.49. The number of amides is 1. The molecule has 7 heteroatoms. The smallest absolute Gasteiger partial charge is 0.328 e. The standard InChI is InChI=1S/C17H21N3O4/c1-11(2)8-13(17(23)24-3)19-16(22)10-20-14-7-5-4-6-12(14)15(21)9-18-20/h4-7,9,11,13H,8,10H2,1-3H3,(H,19,22)/t13-/m0/s1. The zero-order chi connectivity index (χ0) is 17.7. The molecule has 1 heterocycles. The minimum Gasteiger partial charge on any atom is -0.467 e. The van der Waals surface area contributed by atoms with E-state index in [-0.39, 0.29) is 23.8 Å². The van der Waals surface area contributed by atoms with Crippen molar-refractivity contribution in [3.05, 3.63) is 40.7 Å². The number of nitrogens with zero attached hydrogens (tertiary/aromatic N) is 2. The van der Waals surface area contributed by atoms with Crippen molar-refractivity contribution >= 4 is 22.8 Å². The summed E-state index contributed by atoms with van der Waals surface area (Å²) >= 11 is 0. The molecule has 1 aromatic carbocycles. The van der Waals surface area contributed by atoms with Crippen LogP contribution in [-0.2, 0) is 20.9 Å². The number of fused-ring (bicyclic) bond motifs is 1. The van der Waals surface area contributed by atoms with E-state index < -0.39 is 12.0 Å². The molecule has 0 aliphatic carbocycles. The topological polar surface area (TPSA) is 90.3 Å². The Balaban J connectivity index is 2.19. The molecular weight excluding hydrogens is 310 g/mol. The number of para-hydroxylation sites is 1. The number of carbonyl (C=O) groups is 2. The largest absolute Gasteiger partial charge is 0.467 e. The first kappa shape index (κ1) is 17.7. The molecule has 0 saturated carbocycles. The van der Waals surface area contributed by atoms with E-state index in [2.05, 4.69) is 10.4 Å². The maximum atomic E-state index is 12.3. The molecular formula is C17H21N3O4. The molecule has 24 heavy (non-hydrogen) atoms. The highest BCUT2D eigenvalue weighted by Crippen LogP contribution is 2.09. The lowest BCUT2D eigenvalue weighted by molar-refractivity contribution is -0.145. The number of ether oxygens (including phenoxy) is 1. The Morgan fingerprint density at radius 3 is 2.67 bits per heavy atom. The number of benzene rings is 1. The van der Waals surface area contributed by atoms with Crippen LogP contribution in [-0.4, -0.2) is 34.8 Å². The molecule has 2 aromatic rings. The quantitative estimate of drug-likeness (QED) is 0.801. The number of esters is 1. The summed E-state index contributed by atoms with van der Waals surface area (Å²) < 4.78 is 6.17. The Morgan fingerprint density at radius 1 is 1.29 bits per heavy atom. The highest BCUT2D eigenvalue weighted by molar-refractivity contribution is 5.85. The number of rotatable bonds is 6. The molecule has 0 spiro atoms. The second-order valence-electron chi connectivity index (χ2n) is 5.96. The highest BCUT2D eigenvalue weighted by atomic mass is 16.5.